The maximum absolute atomic E-state index is 13.0. The Labute approximate surface area is 178 Å². The summed E-state index contributed by atoms with van der Waals surface area (Å²) in [5.41, 5.74) is 3.10. The van der Waals surface area contributed by atoms with Gasteiger partial charge < -0.3 is 4.90 Å². The number of carbonyl (C=O) groups is 1. The Morgan fingerprint density at radius 2 is 1.67 bits per heavy atom. The van der Waals surface area contributed by atoms with E-state index < -0.39 is 9.84 Å². The van der Waals surface area contributed by atoms with Crippen molar-refractivity contribution in [2.75, 3.05) is 18.2 Å². The molecule has 0 aliphatic carbocycles. The molecule has 152 valence electrons. The van der Waals surface area contributed by atoms with E-state index in [9.17, 15) is 13.2 Å². The van der Waals surface area contributed by atoms with Crippen LogP contribution in [0.3, 0.4) is 0 Å². The van der Waals surface area contributed by atoms with Crippen LogP contribution in [0.25, 0.3) is 16.9 Å². The number of benzene rings is 2. The highest BCUT2D eigenvalue weighted by Gasteiger charge is 2.18. The average Bonchev–Trinajstić information content (AvgIpc) is 3.16. The number of rotatable bonds is 4. The molecule has 0 saturated carbocycles. The van der Waals surface area contributed by atoms with E-state index in [0.29, 0.717) is 16.4 Å². The molecule has 0 N–H and O–H groups in total. The third kappa shape index (κ3) is 3.79. The second-order valence-electron chi connectivity index (χ2n) is 6.78. The van der Waals surface area contributed by atoms with Crippen molar-refractivity contribution < 1.29 is 13.2 Å². The van der Waals surface area contributed by atoms with Gasteiger partial charge in [0, 0.05) is 35.8 Å². The number of fused-ring (bicyclic) bond motifs is 1. The van der Waals surface area contributed by atoms with Gasteiger partial charge >= 0.3 is 0 Å². The minimum Gasteiger partial charge on any atom is -0.310 e. The van der Waals surface area contributed by atoms with Gasteiger partial charge in [-0.15, -0.1) is 0 Å². The lowest BCUT2D eigenvalue weighted by molar-refractivity contribution is 0.0988. The van der Waals surface area contributed by atoms with Crippen LogP contribution in [0.15, 0.2) is 72.0 Å². The summed E-state index contributed by atoms with van der Waals surface area (Å²) in [7, 11) is -1.70. The lowest BCUT2D eigenvalue weighted by atomic mass is 10.2. The highest BCUT2D eigenvalue weighted by atomic mass is 35.5. The fourth-order valence-electron chi connectivity index (χ4n) is 3.04. The molecule has 2 aromatic carbocycles. The van der Waals surface area contributed by atoms with Gasteiger partial charge in [-0.1, -0.05) is 23.7 Å². The fraction of sp³-hybridized carbons (Fsp3) is 0.0952. The van der Waals surface area contributed by atoms with Gasteiger partial charge in [-0.05, 0) is 36.4 Å². The number of aromatic nitrogens is 3. The molecule has 0 spiro atoms. The molecule has 0 atom stereocenters. The largest absolute Gasteiger partial charge is 0.310 e. The Hall–Kier alpha value is -3.23. The van der Waals surface area contributed by atoms with E-state index >= 15 is 0 Å². The third-order valence-corrected chi connectivity index (χ3v) is 6.09. The maximum atomic E-state index is 13.0. The third-order valence-electron chi connectivity index (χ3n) is 4.71. The lowest BCUT2D eigenvalue weighted by Gasteiger charge is -2.17. The van der Waals surface area contributed by atoms with E-state index in [1.165, 1.54) is 23.2 Å². The molecule has 0 aliphatic rings. The van der Waals surface area contributed by atoms with Crippen LogP contribution in [0.4, 0.5) is 5.69 Å². The Morgan fingerprint density at radius 3 is 2.30 bits per heavy atom. The van der Waals surface area contributed by atoms with Gasteiger partial charge in [0.15, 0.2) is 15.5 Å². The number of nitrogens with zero attached hydrogens (tertiary/aromatic N) is 4. The number of sulfone groups is 1. The molecule has 0 unspecified atom stereocenters. The molecule has 7 nitrogen and oxygen atoms in total. The van der Waals surface area contributed by atoms with Crippen molar-refractivity contribution in [3.8, 4) is 11.3 Å². The molecule has 0 saturated heterocycles. The van der Waals surface area contributed by atoms with E-state index in [0.717, 1.165) is 17.5 Å². The zero-order chi connectivity index (χ0) is 21.5. The van der Waals surface area contributed by atoms with Gasteiger partial charge in [0.1, 0.15) is 5.69 Å². The van der Waals surface area contributed by atoms with Crippen molar-refractivity contribution >= 4 is 38.7 Å². The normalized spacial score (nSPS) is 11.6. The Balaban J connectivity index is 1.67. The molecule has 0 aliphatic heterocycles. The highest BCUT2D eigenvalue weighted by molar-refractivity contribution is 7.90. The van der Waals surface area contributed by atoms with Crippen molar-refractivity contribution in [3.63, 3.8) is 0 Å². The molecule has 4 aromatic rings. The Bertz CT molecular complexity index is 1350. The van der Waals surface area contributed by atoms with Gasteiger partial charge in [0.05, 0.1) is 23.0 Å². The van der Waals surface area contributed by atoms with E-state index in [1.807, 2.05) is 12.1 Å². The topological polar surface area (TPSA) is 84.6 Å². The van der Waals surface area contributed by atoms with Gasteiger partial charge in [-0.3, -0.25) is 9.20 Å². The Morgan fingerprint density at radius 1 is 1.00 bits per heavy atom. The zero-order valence-electron chi connectivity index (χ0n) is 16.2. The van der Waals surface area contributed by atoms with Crippen LogP contribution in [0, 0.1) is 0 Å². The van der Waals surface area contributed by atoms with Crippen molar-refractivity contribution in [3.05, 3.63) is 77.8 Å². The molecule has 0 fully saturated rings. The Kier molecular flexibility index (Phi) is 5.05. The number of anilines is 1. The summed E-state index contributed by atoms with van der Waals surface area (Å²) in [6, 6.07) is 13.5. The summed E-state index contributed by atoms with van der Waals surface area (Å²) < 4.78 is 25.1. The quantitative estimate of drug-likeness (QED) is 0.482. The number of hydrogen-bond acceptors (Lipinski definition) is 5. The maximum Gasteiger partial charge on any atom is 0.278 e. The van der Waals surface area contributed by atoms with Crippen LogP contribution in [0.5, 0.6) is 0 Å². The molecule has 4 rings (SSSR count). The van der Waals surface area contributed by atoms with Gasteiger partial charge in [-0.25, -0.2) is 18.4 Å². The molecule has 0 bridgehead atoms. The highest BCUT2D eigenvalue weighted by Crippen LogP contribution is 2.23. The van der Waals surface area contributed by atoms with Crippen LogP contribution in [0.1, 0.15) is 10.5 Å². The van der Waals surface area contributed by atoms with Crippen LogP contribution < -0.4 is 4.90 Å². The van der Waals surface area contributed by atoms with Crippen molar-refractivity contribution in [1.82, 2.24) is 14.4 Å². The number of carbonyl (C=O) groups excluding carboxylic acids is 1. The molecule has 2 heterocycles. The lowest BCUT2D eigenvalue weighted by Crippen LogP contribution is -2.27. The van der Waals surface area contributed by atoms with Crippen LogP contribution in [-0.4, -0.2) is 42.0 Å². The molecule has 0 radical (unpaired) electrons. The van der Waals surface area contributed by atoms with E-state index in [2.05, 4.69) is 9.97 Å². The van der Waals surface area contributed by atoms with E-state index in [-0.39, 0.29) is 16.5 Å². The molecular formula is C21H17ClN4O3S. The van der Waals surface area contributed by atoms with Gasteiger partial charge in [0.2, 0.25) is 0 Å². The summed E-state index contributed by atoms with van der Waals surface area (Å²) in [5.74, 6) is -0.334. The minimum atomic E-state index is -3.30. The zero-order valence-corrected chi connectivity index (χ0v) is 17.7. The van der Waals surface area contributed by atoms with E-state index in [1.54, 1.807) is 48.1 Å². The predicted molar refractivity (Wildman–Crippen MR) is 116 cm³/mol. The smallest absolute Gasteiger partial charge is 0.278 e. The van der Waals surface area contributed by atoms with Crippen LogP contribution in [0.2, 0.25) is 5.02 Å². The summed E-state index contributed by atoms with van der Waals surface area (Å²) in [4.78, 5) is 23.2. The number of hydrogen-bond donors (Lipinski definition) is 0. The number of amides is 1. The first-order valence-electron chi connectivity index (χ1n) is 8.91. The minimum absolute atomic E-state index is 0.192. The predicted octanol–water partition coefficient (Wildman–Crippen LogP) is 3.73. The first-order valence-corrected chi connectivity index (χ1v) is 11.2. The van der Waals surface area contributed by atoms with Crippen LogP contribution in [-0.2, 0) is 9.84 Å². The summed E-state index contributed by atoms with van der Waals surface area (Å²) in [5, 5.41) is 0.633. The standard InChI is InChI=1S/C21H17ClN4O3S/c1-25(16-7-9-17(10-8-16)30(2,28)29)21(27)18-13-26-19(11-24-20(26)12-23-18)14-3-5-15(22)6-4-14/h3-13H,1-2H3. The van der Waals surface area contributed by atoms with Crippen molar-refractivity contribution in [2.24, 2.45) is 0 Å². The van der Waals surface area contributed by atoms with Crippen LogP contribution >= 0.6 is 11.6 Å². The number of halogens is 1. The summed E-state index contributed by atoms with van der Waals surface area (Å²) in [6.07, 6.45) is 6.02. The second kappa shape index (κ2) is 7.55. The average molecular weight is 441 g/mol. The summed E-state index contributed by atoms with van der Waals surface area (Å²) >= 11 is 5.97. The second-order valence-corrected chi connectivity index (χ2v) is 9.23. The molecule has 1 amide bonds. The van der Waals surface area contributed by atoms with Gasteiger partial charge in [0.25, 0.3) is 5.91 Å². The monoisotopic (exact) mass is 440 g/mol. The van der Waals surface area contributed by atoms with Crippen molar-refractivity contribution in [2.45, 2.75) is 4.90 Å². The van der Waals surface area contributed by atoms with Crippen molar-refractivity contribution in [1.29, 1.82) is 0 Å². The first kappa shape index (κ1) is 20.1. The fourth-order valence-corrected chi connectivity index (χ4v) is 3.80. The summed E-state index contributed by atoms with van der Waals surface area (Å²) in [6.45, 7) is 0. The number of imidazole rings is 1. The molecular weight excluding hydrogens is 424 g/mol. The van der Waals surface area contributed by atoms with E-state index in [4.69, 9.17) is 11.6 Å². The molecule has 30 heavy (non-hydrogen) atoms. The molecule has 9 heteroatoms. The molecule has 2 aromatic heterocycles. The SMILES string of the molecule is CN(C(=O)c1cn2c(-c3ccc(Cl)cc3)cnc2cn1)c1ccc(S(C)(=O)=O)cc1. The first-order chi connectivity index (χ1) is 14.2. The van der Waals surface area contributed by atoms with Gasteiger partial charge in [-0.2, -0.15) is 0 Å².